The molecule has 2 aromatic heterocycles. The van der Waals surface area contributed by atoms with E-state index in [9.17, 15) is 18.0 Å². The van der Waals surface area contributed by atoms with Crippen LogP contribution in [-0.4, -0.2) is 22.4 Å². The van der Waals surface area contributed by atoms with Crippen LogP contribution >= 0.6 is 11.5 Å². The Kier molecular flexibility index (Phi) is 4.99. The van der Waals surface area contributed by atoms with E-state index in [4.69, 9.17) is 4.74 Å². The molecule has 3 aromatic rings. The molecular weight excluding hydrogens is 403 g/mol. The van der Waals surface area contributed by atoms with E-state index >= 15 is 0 Å². The molecule has 1 saturated carbocycles. The molecule has 0 aliphatic heterocycles. The molecule has 5 nitrogen and oxygen atoms in total. The molecule has 1 aliphatic carbocycles. The molecule has 0 atom stereocenters. The summed E-state index contributed by atoms with van der Waals surface area (Å²) in [5, 5.41) is 2.55. The number of amides is 1. The third-order valence-corrected chi connectivity index (χ3v) is 5.45. The van der Waals surface area contributed by atoms with Gasteiger partial charge in [0.05, 0.1) is 12.8 Å². The first-order valence-electron chi connectivity index (χ1n) is 8.86. The van der Waals surface area contributed by atoms with Crippen LogP contribution in [0.3, 0.4) is 0 Å². The Morgan fingerprint density at radius 1 is 1.24 bits per heavy atom. The molecule has 0 saturated heterocycles. The van der Waals surface area contributed by atoms with Crippen molar-refractivity contribution in [1.82, 2.24) is 9.36 Å². The maximum absolute atomic E-state index is 12.9. The van der Waals surface area contributed by atoms with Gasteiger partial charge in [-0.3, -0.25) is 9.78 Å². The first-order chi connectivity index (χ1) is 13.9. The van der Waals surface area contributed by atoms with Crippen LogP contribution in [0.4, 0.5) is 18.9 Å². The Morgan fingerprint density at radius 2 is 2.00 bits per heavy atom. The van der Waals surface area contributed by atoms with Gasteiger partial charge in [0.2, 0.25) is 0 Å². The van der Waals surface area contributed by atoms with Gasteiger partial charge in [-0.15, -0.1) is 0 Å². The van der Waals surface area contributed by atoms with Crippen molar-refractivity contribution < 1.29 is 22.7 Å². The van der Waals surface area contributed by atoms with E-state index in [0.717, 1.165) is 47.8 Å². The number of halogens is 3. The number of alkyl halides is 3. The first kappa shape index (κ1) is 19.4. The van der Waals surface area contributed by atoms with Crippen LogP contribution in [0.15, 0.2) is 42.6 Å². The molecule has 150 valence electrons. The van der Waals surface area contributed by atoms with E-state index in [0.29, 0.717) is 16.3 Å². The standard InChI is InChI=1S/C20H16F3N3O2S/c1-28-14-5-3-2-4-13(14)17-16(11-6-7-11)18(29-26-17)19(27)25-12-8-9-24-15(10-12)20(21,22)23/h2-5,8-11H,6-7H2,1H3,(H,24,25,27). The van der Waals surface area contributed by atoms with E-state index in [-0.39, 0.29) is 11.6 Å². The minimum atomic E-state index is -4.58. The number of anilines is 1. The molecular formula is C20H16F3N3O2S. The molecule has 2 heterocycles. The van der Waals surface area contributed by atoms with Crippen LogP contribution in [0, 0.1) is 0 Å². The summed E-state index contributed by atoms with van der Waals surface area (Å²) in [6, 6.07) is 9.55. The number of aromatic nitrogens is 2. The average molecular weight is 419 g/mol. The molecule has 0 bridgehead atoms. The third-order valence-electron chi connectivity index (χ3n) is 4.59. The smallest absolute Gasteiger partial charge is 0.433 e. The largest absolute Gasteiger partial charge is 0.496 e. The maximum Gasteiger partial charge on any atom is 0.433 e. The van der Waals surface area contributed by atoms with Crippen LogP contribution in [0.5, 0.6) is 5.75 Å². The lowest BCUT2D eigenvalue weighted by molar-refractivity contribution is -0.141. The van der Waals surface area contributed by atoms with E-state index in [2.05, 4.69) is 14.7 Å². The summed E-state index contributed by atoms with van der Waals surface area (Å²) in [4.78, 5) is 16.6. The van der Waals surface area contributed by atoms with Gasteiger partial charge in [-0.25, -0.2) is 0 Å². The Hall–Kier alpha value is -2.94. The lowest BCUT2D eigenvalue weighted by Gasteiger charge is -2.10. The maximum atomic E-state index is 12.9. The van der Waals surface area contributed by atoms with Crippen molar-refractivity contribution in [3.05, 3.63) is 58.7 Å². The summed E-state index contributed by atoms with van der Waals surface area (Å²) in [6.45, 7) is 0. The molecule has 0 spiro atoms. The van der Waals surface area contributed by atoms with Gasteiger partial charge in [-0.2, -0.15) is 17.5 Å². The zero-order chi connectivity index (χ0) is 20.6. The van der Waals surface area contributed by atoms with Crippen molar-refractivity contribution in [3.8, 4) is 17.0 Å². The number of hydrogen-bond donors (Lipinski definition) is 1. The number of benzene rings is 1. The number of rotatable bonds is 5. The minimum Gasteiger partial charge on any atom is -0.496 e. The van der Waals surface area contributed by atoms with Gasteiger partial charge in [0, 0.05) is 23.0 Å². The van der Waals surface area contributed by atoms with Crippen LogP contribution < -0.4 is 10.1 Å². The van der Waals surface area contributed by atoms with Gasteiger partial charge in [-0.05, 0) is 54.6 Å². The number of nitrogens with zero attached hydrogens (tertiary/aromatic N) is 2. The molecule has 29 heavy (non-hydrogen) atoms. The highest BCUT2D eigenvalue weighted by atomic mass is 32.1. The quantitative estimate of drug-likeness (QED) is 0.605. The number of ether oxygens (including phenoxy) is 1. The number of carbonyl (C=O) groups is 1. The topological polar surface area (TPSA) is 64.1 Å². The van der Waals surface area contributed by atoms with Crippen LogP contribution in [0.25, 0.3) is 11.3 Å². The molecule has 1 fully saturated rings. The Bertz CT molecular complexity index is 1060. The predicted molar refractivity (Wildman–Crippen MR) is 103 cm³/mol. The van der Waals surface area contributed by atoms with Crippen molar-refractivity contribution in [2.45, 2.75) is 24.9 Å². The Labute approximate surface area is 168 Å². The summed E-state index contributed by atoms with van der Waals surface area (Å²) in [5.41, 5.74) is 1.27. The molecule has 4 rings (SSSR count). The Balaban J connectivity index is 1.68. The molecule has 0 radical (unpaired) electrons. The van der Waals surface area contributed by atoms with Gasteiger partial charge in [0.25, 0.3) is 5.91 Å². The second-order valence-corrected chi connectivity index (χ2v) is 7.40. The summed E-state index contributed by atoms with van der Waals surface area (Å²) in [6.07, 6.45) is -1.68. The lowest BCUT2D eigenvalue weighted by atomic mass is 10.0. The van der Waals surface area contributed by atoms with E-state index in [1.54, 1.807) is 7.11 Å². The molecule has 1 N–H and O–H groups in total. The monoisotopic (exact) mass is 419 g/mol. The van der Waals surface area contributed by atoms with Gasteiger partial charge in [0.15, 0.2) is 0 Å². The zero-order valence-corrected chi connectivity index (χ0v) is 16.1. The molecule has 1 aromatic carbocycles. The molecule has 0 unspecified atom stereocenters. The van der Waals surface area contributed by atoms with Crippen molar-refractivity contribution in [2.75, 3.05) is 12.4 Å². The van der Waals surface area contributed by atoms with Crippen molar-refractivity contribution >= 4 is 23.1 Å². The van der Waals surface area contributed by atoms with Gasteiger partial charge in [0.1, 0.15) is 16.3 Å². The van der Waals surface area contributed by atoms with Gasteiger partial charge < -0.3 is 10.1 Å². The van der Waals surface area contributed by atoms with E-state index in [1.165, 1.54) is 6.07 Å². The average Bonchev–Trinajstić information content (AvgIpc) is 3.45. The molecule has 9 heteroatoms. The number of para-hydroxylation sites is 1. The van der Waals surface area contributed by atoms with Crippen LogP contribution in [0.1, 0.15) is 39.7 Å². The third kappa shape index (κ3) is 3.95. The lowest BCUT2D eigenvalue weighted by Crippen LogP contribution is -2.14. The summed E-state index contributed by atoms with van der Waals surface area (Å²) in [7, 11) is 1.57. The second kappa shape index (κ2) is 7.47. The highest BCUT2D eigenvalue weighted by Gasteiger charge is 2.35. The number of pyridine rings is 1. The van der Waals surface area contributed by atoms with E-state index < -0.39 is 17.8 Å². The van der Waals surface area contributed by atoms with Crippen LogP contribution in [-0.2, 0) is 6.18 Å². The Morgan fingerprint density at radius 3 is 2.69 bits per heavy atom. The number of nitrogens with one attached hydrogen (secondary N) is 1. The highest BCUT2D eigenvalue weighted by Crippen LogP contribution is 2.48. The summed E-state index contributed by atoms with van der Waals surface area (Å²) in [5.74, 6) is 0.373. The minimum absolute atomic E-state index is 0.0336. The van der Waals surface area contributed by atoms with Crippen molar-refractivity contribution in [2.24, 2.45) is 0 Å². The fourth-order valence-electron chi connectivity index (χ4n) is 3.10. The number of methoxy groups -OCH3 is 1. The normalized spacial score (nSPS) is 13.9. The van der Waals surface area contributed by atoms with E-state index in [1.807, 2.05) is 24.3 Å². The predicted octanol–water partition coefficient (Wildman–Crippen LogP) is 5.36. The van der Waals surface area contributed by atoms with Gasteiger partial charge >= 0.3 is 6.18 Å². The fraction of sp³-hybridized carbons (Fsp3) is 0.250. The first-order valence-corrected chi connectivity index (χ1v) is 9.63. The second-order valence-electron chi connectivity index (χ2n) is 6.63. The van der Waals surface area contributed by atoms with Crippen LogP contribution in [0.2, 0.25) is 0 Å². The number of hydrogen-bond acceptors (Lipinski definition) is 5. The molecule has 1 amide bonds. The summed E-state index contributed by atoms with van der Waals surface area (Å²) < 4.78 is 48.5. The van der Waals surface area contributed by atoms with Gasteiger partial charge in [-0.1, -0.05) is 12.1 Å². The summed E-state index contributed by atoms with van der Waals surface area (Å²) >= 11 is 1.04. The SMILES string of the molecule is COc1ccccc1-c1nsc(C(=O)Nc2ccnc(C(F)(F)F)c2)c1C1CC1. The molecule has 1 aliphatic rings. The zero-order valence-electron chi connectivity index (χ0n) is 15.3. The fourth-order valence-corrected chi connectivity index (χ4v) is 3.97. The van der Waals surface area contributed by atoms with Crippen molar-refractivity contribution in [1.29, 1.82) is 0 Å². The highest BCUT2D eigenvalue weighted by molar-refractivity contribution is 7.08. The number of carbonyl (C=O) groups excluding carboxylic acids is 1. The van der Waals surface area contributed by atoms with Crippen molar-refractivity contribution in [3.63, 3.8) is 0 Å².